The van der Waals surface area contributed by atoms with Gasteiger partial charge in [0.25, 0.3) is 0 Å². The van der Waals surface area contributed by atoms with Crippen LogP contribution in [0.15, 0.2) is 0 Å². The number of aliphatic carboxylic acids is 4. The van der Waals surface area contributed by atoms with Gasteiger partial charge in [0, 0.05) is 13.1 Å². The van der Waals surface area contributed by atoms with Gasteiger partial charge >= 0.3 is 201 Å². The van der Waals surface area contributed by atoms with Crippen molar-refractivity contribution < 1.29 is 39.6 Å². The van der Waals surface area contributed by atoms with E-state index in [4.69, 9.17) is 20.4 Å². The van der Waals surface area contributed by atoms with E-state index in [1.54, 1.807) is 0 Å². The molecule has 0 aromatic heterocycles. The number of carboxylic acid groups (broad SMARTS) is 4. The van der Waals surface area contributed by atoms with Crippen LogP contribution in [-0.4, -0.2) is 271 Å². The molecule has 0 rings (SSSR count). The Hall–Kier alpha value is 3.80. The van der Waals surface area contributed by atoms with Crippen LogP contribution in [-0.2, 0) is 19.2 Å². The van der Waals surface area contributed by atoms with Crippen LogP contribution in [0.4, 0.5) is 0 Å². The Bertz CT molecular complexity index is 336. The first kappa shape index (κ1) is 47.5. The number of carboxylic acids is 4. The van der Waals surface area contributed by atoms with E-state index in [1.165, 1.54) is 0 Å². The molecule has 0 saturated heterocycles. The average molecular weight is 436 g/mol. The zero-order valence-electron chi connectivity index (χ0n) is 10.6. The molecule has 0 unspecified atom stereocenters. The quantitative estimate of drug-likeness (QED) is 0.230. The summed E-state index contributed by atoms with van der Waals surface area (Å²) in [6.07, 6.45) is 0. The van der Waals surface area contributed by atoms with E-state index in [9.17, 15) is 19.2 Å². The Labute approximate surface area is 284 Å². The molecule has 0 atom stereocenters. The first-order chi connectivity index (χ1) is 9.20. The molecule has 0 aromatic rings. The van der Waals surface area contributed by atoms with Gasteiger partial charge in [-0.1, -0.05) is 0 Å². The van der Waals surface area contributed by atoms with Crippen molar-refractivity contribution in [2.24, 2.45) is 0 Å². The van der Waals surface area contributed by atoms with Gasteiger partial charge in [-0.3, -0.25) is 29.0 Å². The molecule has 0 aromatic carbocycles. The van der Waals surface area contributed by atoms with Gasteiger partial charge in [0.2, 0.25) is 0 Å². The fourth-order valence-corrected chi connectivity index (χ4v) is 1.48. The zero-order chi connectivity index (χ0) is 15.7. The molecule has 0 amide bonds. The second kappa shape index (κ2) is 28.8. The van der Waals surface area contributed by atoms with Crippen LogP contribution in [0.25, 0.3) is 0 Å². The first-order valence-corrected chi connectivity index (χ1v) is 5.52. The Morgan fingerprint density at radius 1 is 0.462 bits per heavy atom. The SMILES string of the molecule is O=C(O)CN(CCN(CC(=O)O)CC(=O)O)CC(=O)O.[NaH].[NaH].[NaH].[NaH].[NaH].[NaH]. The molecular weight excluding hydrogens is 414 g/mol. The van der Waals surface area contributed by atoms with Gasteiger partial charge in [0.1, 0.15) is 0 Å². The van der Waals surface area contributed by atoms with Crippen molar-refractivity contribution in [3.8, 4) is 0 Å². The number of hydrogen-bond acceptors (Lipinski definition) is 6. The zero-order valence-corrected chi connectivity index (χ0v) is 10.6. The van der Waals surface area contributed by atoms with Gasteiger partial charge in [0.15, 0.2) is 0 Å². The number of nitrogens with zero attached hydrogens (tertiary/aromatic N) is 2. The van der Waals surface area contributed by atoms with E-state index in [-0.39, 0.29) is 190 Å². The molecule has 16 heteroatoms. The van der Waals surface area contributed by atoms with Crippen molar-refractivity contribution in [1.82, 2.24) is 9.80 Å². The Morgan fingerprint density at radius 3 is 0.731 bits per heavy atom. The van der Waals surface area contributed by atoms with Crippen LogP contribution >= 0.6 is 0 Å². The minimum absolute atomic E-state index is 0. The molecule has 0 heterocycles. The molecule has 0 spiro atoms. The third kappa shape index (κ3) is 32.5. The van der Waals surface area contributed by atoms with Crippen molar-refractivity contribution >= 4 is 201 Å². The van der Waals surface area contributed by atoms with Crippen molar-refractivity contribution in [2.75, 3.05) is 39.3 Å². The molecule has 0 aliphatic carbocycles. The van der Waals surface area contributed by atoms with Crippen molar-refractivity contribution in [2.45, 2.75) is 0 Å². The van der Waals surface area contributed by atoms with E-state index < -0.39 is 50.1 Å². The van der Waals surface area contributed by atoms with Crippen LogP contribution in [0, 0.1) is 0 Å². The fraction of sp³-hybridized carbons (Fsp3) is 0.600. The summed E-state index contributed by atoms with van der Waals surface area (Å²) in [5, 5.41) is 34.5. The van der Waals surface area contributed by atoms with Gasteiger partial charge < -0.3 is 20.4 Å². The molecule has 0 fully saturated rings. The third-order valence-corrected chi connectivity index (χ3v) is 2.17. The van der Waals surface area contributed by atoms with Crippen LogP contribution in [0.5, 0.6) is 0 Å². The maximum absolute atomic E-state index is 10.6. The third-order valence-electron chi connectivity index (χ3n) is 2.17. The van der Waals surface area contributed by atoms with Crippen molar-refractivity contribution in [3.63, 3.8) is 0 Å². The number of carbonyl (C=O) groups is 4. The minimum atomic E-state index is -1.23. The molecule has 0 aliphatic rings. The fourth-order valence-electron chi connectivity index (χ4n) is 1.48. The molecule has 10 nitrogen and oxygen atoms in total. The summed E-state index contributed by atoms with van der Waals surface area (Å²) >= 11 is 0. The Morgan fingerprint density at radius 2 is 0.615 bits per heavy atom. The summed E-state index contributed by atoms with van der Waals surface area (Å²) in [7, 11) is 0. The monoisotopic (exact) mass is 436 g/mol. The summed E-state index contributed by atoms with van der Waals surface area (Å²) < 4.78 is 0. The normalized spacial score (nSPS) is 8.23. The van der Waals surface area contributed by atoms with Crippen LogP contribution in [0.1, 0.15) is 0 Å². The summed E-state index contributed by atoms with van der Waals surface area (Å²) in [5.41, 5.74) is 0. The summed E-state index contributed by atoms with van der Waals surface area (Å²) in [6, 6.07) is 0. The molecule has 0 saturated carbocycles. The number of rotatable bonds is 11. The van der Waals surface area contributed by atoms with E-state index in [2.05, 4.69) is 0 Å². The van der Waals surface area contributed by atoms with Crippen molar-refractivity contribution in [1.29, 1.82) is 0 Å². The van der Waals surface area contributed by atoms with Gasteiger partial charge in [-0.2, -0.15) is 0 Å². The topological polar surface area (TPSA) is 156 Å². The molecule has 0 radical (unpaired) electrons. The van der Waals surface area contributed by atoms with Crippen molar-refractivity contribution in [3.05, 3.63) is 0 Å². The van der Waals surface area contributed by atoms with Gasteiger partial charge in [-0.15, -0.1) is 0 Å². The van der Waals surface area contributed by atoms with Gasteiger partial charge in [-0.05, 0) is 0 Å². The van der Waals surface area contributed by atoms with Crippen LogP contribution in [0.3, 0.4) is 0 Å². The molecule has 0 aliphatic heterocycles. The molecule has 126 valence electrons. The summed E-state index contributed by atoms with van der Waals surface area (Å²) in [4.78, 5) is 44.4. The second-order valence-electron chi connectivity index (χ2n) is 4.00. The second-order valence-corrected chi connectivity index (χ2v) is 4.00. The molecule has 0 bridgehead atoms. The first-order valence-electron chi connectivity index (χ1n) is 5.52. The summed E-state index contributed by atoms with van der Waals surface area (Å²) in [6.45, 7) is -2.25. The van der Waals surface area contributed by atoms with E-state index in [1.807, 2.05) is 0 Å². The predicted octanol–water partition coefficient (Wildman–Crippen LogP) is -5.96. The average Bonchev–Trinajstić information content (AvgIpc) is 2.22. The summed E-state index contributed by atoms with van der Waals surface area (Å²) in [5.74, 6) is -4.91. The standard InChI is InChI=1S/C10H16N2O8.6Na.6H/c13-7(14)3-11(4-8(15)16)1-2-12(5-9(17)18)6-10(19)20;;;;;;;;;;;;/h1-6H2,(H,13,14)(H,15,16)(H,17,18)(H,19,20);;;;;;;;;;;;. The van der Waals surface area contributed by atoms with Gasteiger partial charge in [-0.25, -0.2) is 0 Å². The maximum atomic E-state index is 10.6. The molecule has 4 N–H and O–H groups in total. The van der Waals surface area contributed by atoms with Crippen LogP contribution in [0.2, 0.25) is 0 Å². The molecule has 26 heavy (non-hydrogen) atoms. The molecular formula is C10H22N2Na6O8. The van der Waals surface area contributed by atoms with E-state index in [0.29, 0.717) is 0 Å². The van der Waals surface area contributed by atoms with Gasteiger partial charge in [0.05, 0.1) is 26.2 Å². The Kier molecular flexibility index (Phi) is 52.7. The Balaban J connectivity index is -0.000000120. The number of hydrogen-bond donors (Lipinski definition) is 4. The van der Waals surface area contributed by atoms with Crippen LogP contribution < -0.4 is 0 Å². The van der Waals surface area contributed by atoms with E-state index in [0.717, 1.165) is 9.80 Å². The predicted molar refractivity (Wildman–Crippen MR) is 106 cm³/mol. The van der Waals surface area contributed by atoms with E-state index >= 15 is 0 Å².